The number of aryl methyl sites for hydroxylation is 2. The van der Waals surface area contributed by atoms with Crippen LogP contribution in [-0.4, -0.2) is 37.7 Å². The number of halogens is 1. The molecule has 0 spiro atoms. The van der Waals surface area contributed by atoms with Crippen LogP contribution in [0.3, 0.4) is 0 Å². The van der Waals surface area contributed by atoms with Crippen molar-refractivity contribution < 1.29 is 28.6 Å². The number of hydrogen-bond acceptors (Lipinski definition) is 6. The molecule has 1 heterocycles. The molecule has 0 aliphatic carbocycles. The minimum atomic E-state index is -0.804. The average Bonchev–Trinajstić information content (AvgIpc) is 2.87. The molecule has 38 heavy (non-hydrogen) atoms. The minimum Gasteiger partial charge on any atom is -0.490 e. The van der Waals surface area contributed by atoms with Gasteiger partial charge in [-0.05, 0) is 80.4 Å². The second-order valence-electron chi connectivity index (χ2n) is 8.54. The van der Waals surface area contributed by atoms with Crippen LogP contribution >= 0.6 is 15.9 Å². The highest BCUT2D eigenvalue weighted by molar-refractivity contribution is 9.10. The van der Waals surface area contributed by atoms with Crippen molar-refractivity contribution in [3.63, 3.8) is 0 Å². The minimum absolute atomic E-state index is 0.175. The Morgan fingerprint density at radius 3 is 2.21 bits per heavy atom. The first-order valence-corrected chi connectivity index (χ1v) is 12.8. The van der Waals surface area contributed by atoms with Gasteiger partial charge in [-0.3, -0.25) is 14.9 Å². The monoisotopic (exact) mass is 578 g/mol. The smallest absolute Gasteiger partial charge is 0.335 e. The van der Waals surface area contributed by atoms with Gasteiger partial charge in [0, 0.05) is 4.47 Å². The normalized spacial score (nSPS) is 14.5. The molecule has 3 aromatic rings. The Morgan fingerprint density at radius 1 is 0.842 bits per heavy atom. The van der Waals surface area contributed by atoms with Gasteiger partial charge in [-0.25, -0.2) is 9.69 Å². The van der Waals surface area contributed by atoms with E-state index in [0.29, 0.717) is 42.6 Å². The number of ether oxygens (including phenoxy) is 3. The predicted octanol–water partition coefficient (Wildman–Crippen LogP) is 5.59. The average molecular weight is 579 g/mol. The third kappa shape index (κ3) is 6.23. The van der Waals surface area contributed by atoms with Gasteiger partial charge in [-0.15, -0.1) is 0 Å². The van der Waals surface area contributed by atoms with Gasteiger partial charge < -0.3 is 14.2 Å². The molecule has 1 saturated heterocycles. The summed E-state index contributed by atoms with van der Waals surface area (Å²) in [5.74, 6) is 0.276. The molecule has 1 aliphatic rings. The third-order valence-electron chi connectivity index (χ3n) is 5.69. The van der Waals surface area contributed by atoms with Crippen LogP contribution < -0.4 is 24.4 Å². The van der Waals surface area contributed by atoms with Gasteiger partial charge in [0.2, 0.25) is 0 Å². The SMILES string of the molecule is CCOc1cc(/C=C2\C(=O)NC(=O)N(c3ccc(Br)cc3)C2=O)ccc1OCCOc1ccc(C)cc1C. The van der Waals surface area contributed by atoms with Crippen LogP contribution in [0.15, 0.2) is 70.7 Å². The summed E-state index contributed by atoms with van der Waals surface area (Å²) in [5.41, 5.74) is 2.93. The summed E-state index contributed by atoms with van der Waals surface area (Å²) in [4.78, 5) is 39.0. The first-order valence-electron chi connectivity index (χ1n) is 12.0. The number of rotatable bonds is 9. The molecule has 0 saturated carbocycles. The van der Waals surface area contributed by atoms with Crippen LogP contribution in [0.2, 0.25) is 0 Å². The molecule has 0 unspecified atom stereocenters. The molecule has 0 aromatic heterocycles. The van der Waals surface area contributed by atoms with Crippen LogP contribution in [-0.2, 0) is 9.59 Å². The Bertz CT molecular complexity index is 1400. The van der Waals surface area contributed by atoms with Gasteiger partial charge in [0.25, 0.3) is 11.8 Å². The number of nitrogens with one attached hydrogen (secondary N) is 1. The van der Waals surface area contributed by atoms with Crippen LogP contribution in [0, 0.1) is 13.8 Å². The Morgan fingerprint density at radius 2 is 1.53 bits per heavy atom. The van der Waals surface area contributed by atoms with Crippen molar-refractivity contribution in [1.29, 1.82) is 0 Å². The Hall–Kier alpha value is -4.11. The standard InChI is InChI=1S/C29H27BrN2O6/c1-4-36-26-17-20(6-12-25(26)38-14-13-37-24-11-5-18(2)15-19(24)3)16-23-27(33)31-29(35)32(28(23)34)22-9-7-21(30)8-10-22/h5-12,15-17H,4,13-14H2,1-3H3,(H,31,33,35)/b23-16+. The molecule has 0 atom stereocenters. The summed E-state index contributed by atoms with van der Waals surface area (Å²) in [6.07, 6.45) is 1.42. The van der Waals surface area contributed by atoms with E-state index >= 15 is 0 Å². The van der Waals surface area contributed by atoms with Gasteiger partial charge in [0.1, 0.15) is 24.5 Å². The largest absolute Gasteiger partial charge is 0.490 e. The maximum atomic E-state index is 13.1. The van der Waals surface area contributed by atoms with Crippen LogP contribution in [0.4, 0.5) is 10.5 Å². The molecule has 4 rings (SSSR count). The number of hydrogen-bond donors (Lipinski definition) is 1. The van der Waals surface area contributed by atoms with E-state index in [1.807, 2.05) is 32.9 Å². The van der Waals surface area contributed by atoms with Crippen molar-refractivity contribution >= 4 is 45.5 Å². The van der Waals surface area contributed by atoms with Gasteiger partial charge in [-0.2, -0.15) is 0 Å². The maximum absolute atomic E-state index is 13.1. The number of amides is 4. The number of urea groups is 1. The number of benzene rings is 3. The molecule has 0 radical (unpaired) electrons. The molecule has 9 heteroatoms. The van der Waals surface area contributed by atoms with Crippen molar-refractivity contribution in [2.45, 2.75) is 20.8 Å². The maximum Gasteiger partial charge on any atom is 0.335 e. The second-order valence-corrected chi connectivity index (χ2v) is 9.46. The van der Waals surface area contributed by atoms with E-state index in [1.165, 1.54) is 11.6 Å². The first-order chi connectivity index (χ1) is 18.3. The highest BCUT2D eigenvalue weighted by Crippen LogP contribution is 2.30. The van der Waals surface area contributed by atoms with Gasteiger partial charge in [-0.1, -0.05) is 39.7 Å². The van der Waals surface area contributed by atoms with Crippen molar-refractivity contribution in [2.75, 3.05) is 24.7 Å². The van der Waals surface area contributed by atoms with E-state index in [2.05, 4.69) is 27.3 Å². The highest BCUT2D eigenvalue weighted by Gasteiger charge is 2.36. The van der Waals surface area contributed by atoms with E-state index in [4.69, 9.17) is 14.2 Å². The van der Waals surface area contributed by atoms with E-state index in [-0.39, 0.29) is 5.57 Å². The highest BCUT2D eigenvalue weighted by atomic mass is 79.9. The molecule has 196 valence electrons. The Kier molecular flexibility index (Phi) is 8.48. The zero-order chi connectivity index (χ0) is 27.2. The lowest BCUT2D eigenvalue weighted by atomic mass is 10.1. The quantitative estimate of drug-likeness (QED) is 0.202. The van der Waals surface area contributed by atoms with E-state index < -0.39 is 17.8 Å². The molecule has 0 bridgehead atoms. The van der Waals surface area contributed by atoms with E-state index in [9.17, 15) is 14.4 Å². The number of anilines is 1. The fourth-order valence-electron chi connectivity index (χ4n) is 3.92. The molecular formula is C29H27BrN2O6. The van der Waals surface area contributed by atoms with E-state index in [1.54, 1.807) is 42.5 Å². The molecule has 1 N–H and O–H groups in total. The summed E-state index contributed by atoms with van der Waals surface area (Å²) < 4.78 is 18.2. The first kappa shape index (κ1) is 26.9. The topological polar surface area (TPSA) is 94.2 Å². The van der Waals surface area contributed by atoms with Crippen molar-refractivity contribution in [3.8, 4) is 17.2 Å². The number of imide groups is 2. The van der Waals surface area contributed by atoms with Gasteiger partial charge in [0.05, 0.1) is 12.3 Å². The number of carbonyl (C=O) groups is 3. The summed E-state index contributed by atoms with van der Waals surface area (Å²) in [6, 6.07) is 16.9. The van der Waals surface area contributed by atoms with Crippen molar-refractivity contribution in [2.24, 2.45) is 0 Å². The fourth-order valence-corrected chi connectivity index (χ4v) is 4.18. The summed E-state index contributed by atoms with van der Waals surface area (Å²) in [5, 5.41) is 2.23. The van der Waals surface area contributed by atoms with Crippen molar-refractivity contribution in [3.05, 3.63) is 87.4 Å². The molecule has 8 nitrogen and oxygen atoms in total. The zero-order valence-corrected chi connectivity index (χ0v) is 22.8. The molecular weight excluding hydrogens is 552 g/mol. The Balaban J connectivity index is 1.50. The van der Waals surface area contributed by atoms with Crippen LogP contribution in [0.5, 0.6) is 17.2 Å². The summed E-state index contributed by atoms with van der Waals surface area (Å²) in [7, 11) is 0. The Labute approximate surface area is 229 Å². The molecule has 1 aliphatic heterocycles. The van der Waals surface area contributed by atoms with Crippen LogP contribution in [0.25, 0.3) is 6.08 Å². The van der Waals surface area contributed by atoms with Crippen molar-refractivity contribution in [1.82, 2.24) is 5.32 Å². The number of nitrogens with zero attached hydrogens (tertiary/aromatic N) is 1. The number of carbonyl (C=O) groups excluding carboxylic acids is 3. The number of barbiturate groups is 1. The summed E-state index contributed by atoms with van der Waals surface area (Å²) >= 11 is 3.33. The lowest BCUT2D eigenvalue weighted by Gasteiger charge is -2.26. The third-order valence-corrected chi connectivity index (χ3v) is 6.22. The second kappa shape index (κ2) is 12.0. The fraction of sp³-hybridized carbons (Fsp3) is 0.207. The van der Waals surface area contributed by atoms with E-state index in [0.717, 1.165) is 20.7 Å². The lowest BCUT2D eigenvalue weighted by Crippen LogP contribution is -2.54. The van der Waals surface area contributed by atoms with Crippen LogP contribution in [0.1, 0.15) is 23.6 Å². The zero-order valence-electron chi connectivity index (χ0n) is 21.2. The summed E-state index contributed by atoms with van der Waals surface area (Å²) in [6.45, 7) is 6.89. The molecule has 1 fully saturated rings. The van der Waals surface area contributed by atoms with Gasteiger partial charge in [0.15, 0.2) is 11.5 Å². The molecule has 3 aromatic carbocycles. The molecule has 4 amide bonds. The predicted molar refractivity (Wildman–Crippen MR) is 148 cm³/mol. The van der Waals surface area contributed by atoms with Gasteiger partial charge >= 0.3 is 6.03 Å². The lowest BCUT2D eigenvalue weighted by molar-refractivity contribution is -0.122.